The molecule has 0 radical (unpaired) electrons. The molecule has 0 aromatic heterocycles. The maximum atomic E-state index is 11.4. The van der Waals surface area contributed by atoms with Crippen molar-refractivity contribution in [3.63, 3.8) is 0 Å². The summed E-state index contributed by atoms with van der Waals surface area (Å²) in [6.07, 6.45) is -0.540. The van der Waals surface area contributed by atoms with Crippen LogP contribution < -0.4 is 15.8 Å². The number of nitrogens with one attached hydrogen (secondary N) is 1. The van der Waals surface area contributed by atoms with E-state index in [9.17, 15) is 4.79 Å². The van der Waals surface area contributed by atoms with Gasteiger partial charge in [0.15, 0.2) is 0 Å². The van der Waals surface area contributed by atoms with Crippen LogP contribution in [0.4, 0.5) is 16.2 Å². The lowest BCUT2D eigenvalue weighted by Gasteiger charge is -2.11. The molecule has 0 saturated heterocycles. The molecule has 22 heavy (non-hydrogen) atoms. The van der Waals surface area contributed by atoms with Crippen molar-refractivity contribution >= 4 is 29.1 Å². The third kappa shape index (κ3) is 4.56. The molecule has 0 bridgehead atoms. The van der Waals surface area contributed by atoms with Gasteiger partial charge in [0.2, 0.25) is 0 Å². The smallest absolute Gasteiger partial charge is 0.411 e. The summed E-state index contributed by atoms with van der Waals surface area (Å²) >= 11 is 5.92. The Bertz CT molecular complexity index is 662. The van der Waals surface area contributed by atoms with Crippen molar-refractivity contribution in [1.82, 2.24) is 0 Å². The molecule has 6 heteroatoms. The first-order chi connectivity index (χ1) is 10.6. The summed E-state index contributed by atoms with van der Waals surface area (Å²) in [7, 11) is 0. The van der Waals surface area contributed by atoms with Gasteiger partial charge in [0.05, 0.1) is 18.0 Å². The van der Waals surface area contributed by atoms with Gasteiger partial charge >= 0.3 is 6.09 Å². The molecule has 2 rings (SSSR count). The number of nitrogen functional groups attached to an aromatic ring is 1. The summed E-state index contributed by atoms with van der Waals surface area (Å²) in [5, 5.41) is 3.22. The first-order valence-electron chi connectivity index (χ1n) is 6.79. The average Bonchev–Trinajstić information content (AvgIpc) is 2.48. The number of benzene rings is 2. The number of amides is 1. The summed E-state index contributed by atoms with van der Waals surface area (Å²) < 4.78 is 10.5. The van der Waals surface area contributed by atoms with E-state index in [2.05, 4.69) is 5.32 Å². The topological polar surface area (TPSA) is 73.6 Å². The Morgan fingerprint density at radius 2 is 2.09 bits per heavy atom. The van der Waals surface area contributed by atoms with Gasteiger partial charge in [0.1, 0.15) is 12.4 Å². The van der Waals surface area contributed by atoms with Crippen LogP contribution in [0.2, 0.25) is 5.02 Å². The van der Waals surface area contributed by atoms with Gasteiger partial charge in [-0.2, -0.15) is 0 Å². The Hall–Kier alpha value is -2.40. The molecule has 0 unspecified atom stereocenters. The first kappa shape index (κ1) is 16.0. The highest BCUT2D eigenvalue weighted by Gasteiger charge is 2.07. The van der Waals surface area contributed by atoms with E-state index in [4.69, 9.17) is 26.8 Å². The fourth-order valence-corrected chi connectivity index (χ4v) is 2.03. The van der Waals surface area contributed by atoms with Crippen LogP contribution >= 0.6 is 11.6 Å². The molecule has 3 N–H and O–H groups in total. The number of nitrogens with two attached hydrogens (primary N) is 1. The number of halogens is 1. The fourth-order valence-electron chi connectivity index (χ4n) is 1.81. The van der Waals surface area contributed by atoms with Crippen LogP contribution in [0.15, 0.2) is 42.5 Å². The molecule has 2 aromatic carbocycles. The highest BCUT2D eigenvalue weighted by molar-refractivity contribution is 6.30. The minimum atomic E-state index is -0.540. The van der Waals surface area contributed by atoms with Crippen LogP contribution in [0.25, 0.3) is 0 Å². The van der Waals surface area contributed by atoms with Gasteiger partial charge in [-0.1, -0.05) is 23.7 Å². The molecule has 1 amide bonds. The minimum absolute atomic E-state index is 0.298. The zero-order chi connectivity index (χ0) is 15.9. The number of ether oxygens (including phenoxy) is 2. The van der Waals surface area contributed by atoms with Gasteiger partial charge in [-0.05, 0) is 36.8 Å². The molecule has 0 fully saturated rings. The molecule has 0 heterocycles. The predicted molar refractivity (Wildman–Crippen MR) is 87.3 cm³/mol. The van der Waals surface area contributed by atoms with Gasteiger partial charge in [0.25, 0.3) is 0 Å². The lowest BCUT2D eigenvalue weighted by Crippen LogP contribution is -2.14. The van der Waals surface area contributed by atoms with Crippen LogP contribution in [-0.2, 0) is 11.3 Å². The summed E-state index contributed by atoms with van der Waals surface area (Å²) in [6, 6.07) is 12.5. The molecular weight excluding hydrogens is 304 g/mol. The predicted octanol–water partition coefficient (Wildman–Crippen LogP) is 4.07. The number of anilines is 2. The van der Waals surface area contributed by atoms with Crippen LogP contribution in [0.5, 0.6) is 5.75 Å². The Morgan fingerprint density at radius 1 is 1.27 bits per heavy atom. The molecule has 5 nitrogen and oxygen atoms in total. The average molecular weight is 321 g/mol. The Kier molecular flexibility index (Phi) is 5.49. The van der Waals surface area contributed by atoms with E-state index in [1.807, 2.05) is 18.2 Å². The van der Waals surface area contributed by atoms with E-state index in [0.29, 0.717) is 35.4 Å². The lowest BCUT2D eigenvalue weighted by atomic mass is 10.2. The number of hydrogen-bond donors (Lipinski definition) is 2. The maximum absolute atomic E-state index is 11.4. The number of carbonyl (C=O) groups excluding carboxylic acids is 1. The van der Waals surface area contributed by atoms with Crippen molar-refractivity contribution in [2.24, 2.45) is 0 Å². The second kappa shape index (κ2) is 7.56. The lowest BCUT2D eigenvalue weighted by molar-refractivity contribution is 0.168. The number of rotatable bonds is 5. The van der Waals surface area contributed by atoms with Gasteiger partial charge in [0, 0.05) is 11.1 Å². The van der Waals surface area contributed by atoms with E-state index in [1.54, 1.807) is 31.2 Å². The molecule has 2 aromatic rings. The van der Waals surface area contributed by atoms with E-state index in [1.165, 1.54) is 0 Å². The Balaban J connectivity index is 1.98. The van der Waals surface area contributed by atoms with Crippen molar-refractivity contribution in [3.8, 4) is 5.75 Å². The third-order valence-electron chi connectivity index (χ3n) is 2.83. The van der Waals surface area contributed by atoms with Crippen molar-refractivity contribution < 1.29 is 14.3 Å². The Labute approximate surface area is 134 Å². The second-order valence-electron chi connectivity index (χ2n) is 4.51. The molecule has 0 aliphatic heterocycles. The summed E-state index contributed by atoms with van der Waals surface area (Å²) in [5.74, 6) is 0.604. The number of hydrogen-bond acceptors (Lipinski definition) is 4. The van der Waals surface area contributed by atoms with Crippen molar-refractivity contribution in [2.75, 3.05) is 17.7 Å². The van der Waals surface area contributed by atoms with Gasteiger partial charge in [-0.25, -0.2) is 4.79 Å². The highest BCUT2D eigenvalue weighted by atomic mass is 35.5. The molecule has 0 aliphatic rings. The standard InChI is InChI=1S/C16H17ClN2O3/c1-2-21-16(20)19-15-7-6-13(9-14(15)18)22-10-11-4-3-5-12(17)8-11/h3-9H,2,10,18H2,1H3,(H,19,20). The van der Waals surface area contributed by atoms with Crippen LogP contribution in [0, 0.1) is 0 Å². The number of carbonyl (C=O) groups is 1. The van der Waals surface area contributed by atoms with Crippen molar-refractivity contribution in [2.45, 2.75) is 13.5 Å². The minimum Gasteiger partial charge on any atom is -0.489 e. The third-order valence-corrected chi connectivity index (χ3v) is 3.06. The van der Waals surface area contributed by atoms with E-state index >= 15 is 0 Å². The van der Waals surface area contributed by atoms with Crippen LogP contribution in [0.3, 0.4) is 0 Å². The quantitative estimate of drug-likeness (QED) is 0.814. The zero-order valence-electron chi connectivity index (χ0n) is 12.1. The summed E-state index contributed by atoms with van der Waals surface area (Å²) in [6.45, 7) is 2.41. The van der Waals surface area contributed by atoms with E-state index < -0.39 is 6.09 Å². The largest absolute Gasteiger partial charge is 0.489 e. The molecule has 0 spiro atoms. The molecule has 0 saturated carbocycles. The maximum Gasteiger partial charge on any atom is 0.411 e. The Morgan fingerprint density at radius 3 is 2.77 bits per heavy atom. The first-order valence-corrected chi connectivity index (χ1v) is 7.17. The molecule has 116 valence electrons. The highest BCUT2D eigenvalue weighted by Crippen LogP contribution is 2.25. The van der Waals surface area contributed by atoms with E-state index in [0.717, 1.165) is 5.56 Å². The molecular formula is C16H17ClN2O3. The van der Waals surface area contributed by atoms with Crippen LogP contribution in [-0.4, -0.2) is 12.7 Å². The molecule has 0 aliphatic carbocycles. The van der Waals surface area contributed by atoms with E-state index in [-0.39, 0.29) is 0 Å². The summed E-state index contributed by atoms with van der Waals surface area (Å²) in [4.78, 5) is 11.4. The fraction of sp³-hybridized carbons (Fsp3) is 0.188. The molecule has 0 atom stereocenters. The SMILES string of the molecule is CCOC(=O)Nc1ccc(OCc2cccc(Cl)c2)cc1N. The van der Waals surface area contributed by atoms with Crippen molar-refractivity contribution in [1.29, 1.82) is 0 Å². The summed E-state index contributed by atoms with van der Waals surface area (Å²) in [5.41, 5.74) is 7.73. The van der Waals surface area contributed by atoms with Gasteiger partial charge in [-0.3, -0.25) is 5.32 Å². The van der Waals surface area contributed by atoms with Crippen LogP contribution in [0.1, 0.15) is 12.5 Å². The van der Waals surface area contributed by atoms with Gasteiger partial charge < -0.3 is 15.2 Å². The second-order valence-corrected chi connectivity index (χ2v) is 4.95. The van der Waals surface area contributed by atoms with Crippen molar-refractivity contribution in [3.05, 3.63) is 53.1 Å². The zero-order valence-corrected chi connectivity index (χ0v) is 12.9. The normalized spacial score (nSPS) is 10.1. The van der Waals surface area contributed by atoms with Gasteiger partial charge in [-0.15, -0.1) is 0 Å². The monoisotopic (exact) mass is 320 g/mol.